The lowest BCUT2D eigenvalue weighted by atomic mass is 10.1. The molecule has 2 aromatic rings. The van der Waals surface area contributed by atoms with Gasteiger partial charge >= 0.3 is 0 Å². The van der Waals surface area contributed by atoms with Gasteiger partial charge in [-0.15, -0.1) is 0 Å². The lowest BCUT2D eigenvalue weighted by Crippen LogP contribution is -2.41. The fraction of sp³-hybridized carbons (Fsp3) is 0.389. The molecule has 2 amide bonds. The van der Waals surface area contributed by atoms with Gasteiger partial charge in [-0.3, -0.25) is 9.59 Å². The number of hydrogen-bond acceptors (Lipinski definition) is 4. The smallest absolute Gasteiger partial charge is 0.243 e. The van der Waals surface area contributed by atoms with Gasteiger partial charge in [0.25, 0.3) is 0 Å². The standard InChI is InChI=1S/C18H22N4O3/c23-16-10-21(8-6-15-4-2-1-3-5-15)18(25)13-22(11-16)17(24)12-20-9-7-19-14-20/h1-5,7,9,14,16,23H,6,8,10-13H2. The topological polar surface area (TPSA) is 78.7 Å². The first kappa shape index (κ1) is 17.2. The normalized spacial score (nSPS) is 18.3. The summed E-state index contributed by atoms with van der Waals surface area (Å²) in [6.45, 7) is 1.06. The third-order valence-corrected chi connectivity index (χ3v) is 4.28. The van der Waals surface area contributed by atoms with Crippen LogP contribution in [0.5, 0.6) is 0 Å². The number of nitrogens with zero attached hydrogens (tertiary/aromatic N) is 4. The van der Waals surface area contributed by atoms with Crippen LogP contribution in [0.4, 0.5) is 0 Å². The zero-order valence-corrected chi connectivity index (χ0v) is 14.0. The average Bonchev–Trinajstić information content (AvgIpc) is 3.06. The van der Waals surface area contributed by atoms with Crippen molar-refractivity contribution in [3.63, 3.8) is 0 Å². The molecule has 7 heteroatoms. The van der Waals surface area contributed by atoms with Crippen molar-refractivity contribution in [2.75, 3.05) is 26.2 Å². The van der Waals surface area contributed by atoms with Crippen LogP contribution in [0, 0.1) is 0 Å². The van der Waals surface area contributed by atoms with E-state index in [0.29, 0.717) is 6.54 Å². The Labute approximate surface area is 146 Å². The Balaban J connectivity index is 1.59. The van der Waals surface area contributed by atoms with Crippen LogP contribution < -0.4 is 0 Å². The first-order chi connectivity index (χ1) is 12.1. The van der Waals surface area contributed by atoms with Crippen molar-refractivity contribution in [1.29, 1.82) is 0 Å². The van der Waals surface area contributed by atoms with Crippen molar-refractivity contribution in [3.05, 3.63) is 54.6 Å². The zero-order chi connectivity index (χ0) is 17.6. The maximum absolute atomic E-state index is 12.5. The molecule has 0 aliphatic carbocycles. The lowest BCUT2D eigenvalue weighted by Gasteiger charge is -2.22. The van der Waals surface area contributed by atoms with Crippen molar-refractivity contribution in [2.24, 2.45) is 0 Å². The van der Waals surface area contributed by atoms with Gasteiger partial charge in [0, 0.05) is 32.0 Å². The van der Waals surface area contributed by atoms with Crippen LogP contribution in [0.3, 0.4) is 0 Å². The second-order valence-corrected chi connectivity index (χ2v) is 6.24. The molecule has 1 aromatic heterocycles. The predicted molar refractivity (Wildman–Crippen MR) is 91.5 cm³/mol. The van der Waals surface area contributed by atoms with Gasteiger partial charge in [-0.25, -0.2) is 4.98 Å². The number of aliphatic hydroxyl groups is 1. The number of carbonyl (C=O) groups excluding carboxylic acids is 2. The quantitative estimate of drug-likeness (QED) is 0.839. The molecule has 132 valence electrons. The Morgan fingerprint density at radius 1 is 1.24 bits per heavy atom. The maximum Gasteiger partial charge on any atom is 0.243 e. The highest BCUT2D eigenvalue weighted by atomic mass is 16.3. The molecule has 0 radical (unpaired) electrons. The van der Waals surface area contributed by atoms with Crippen LogP contribution >= 0.6 is 0 Å². The summed E-state index contributed by atoms with van der Waals surface area (Å²) in [5.74, 6) is -0.332. The molecule has 1 aliphatic heterocycles. The van der Waals surface area contributed by atoms with E-state index in [9.17, 15) is 14.7 Å². The highest BCUT2D eigenvalue weighted by Gasteiger charge is 2.29. The molecule has 3 rings (SSSR count). The Bertz CT molecular complexity index is 702. The van der Waals surface area contributed by atoms with E-state index >= 15 is 0 Å². The van der Waals surface area contributed by atoms with Crippen molar-refractivity contribution >= 4 is 11.8 Å². The third kappa shape index (κ3) is 4.67. The Morgan fingerprint density at radius 3 is 2.76 bits per heavy atom. The molecule has 2 heterocycles. The number of imidazole rings is 1. The van der Waals surface area contributed by atoms with Crippen molar-refractivity contribution in [2.45, 2.75) is 19.1 Å². The summed E-state index contributed by atoms with van der Waals surface area (Å²) in [6, 6.07) is 9.91. The Hall–Kier alpha value is -2.67. The molecule has 1 aromatic carbocycles. The van der Waals surface area contributed by atoms with E-state index in [1.165, 1.54) is 4.90 Å². The van der Waals surface area contributed by atoms with E-state index in [0.717, 1.165) is 12.0 Å². The summed E-state index contributed by atoms with van der Waals surface area (Å²) in [5.41, 5.74) is 1.14. The lowest BCUT2D eigenvalue weighted by molar-refractivity contribution is -0.139. The van der Waals surface area contributed by atoms with E-state index in [4.69, 9.17) is 0 Å². The van der Waals surface area contributed by atoms with Gasteiger partial charge in [0.05, 0.1) is 19.0 Å². The van der Waals surface area contributed by atoms with E-state index in [2.05, 4.69) is 4.98 Å². The molecule has 1 saturated heterocycles. The van der Waals surface area contributed by atoms with Gasteiger partial charge < -0.3 is 19.5 Å². The van der Waals surface area contributed by atoms with Crippen LogP contribution in [-0.4, -0.2) is 68.6 Å². The molecule has 1 fully saturated rings. The number of hydrogen-bond donors (Lipinski definition) is 1. The highest BCUT2D eigenvalue weighted by Crippen LogP contribution is 2.09. The number of aromatic nitrogens is 2. The molecule has 25 heavy (non-hydrogen) atoms. The molecule has 0 saturated carbocycles. The number of amides is 2. The minimum Gasteiger partial charge on any atom is -0.389 e. The number of aliphatic hydroxyl groups excluding tert-OH is 1. The first-order valence-electron chi connectivity index (χ1n) is 8.35. The number of rotatable bonds is 5. The molecule has 0 bridgehead atoms. The molecule has 1 N–H and O–H groups in total. The fourth-order valence-corrected chi connectivity index (χ4v) is 2.95. The van der Waals surface area contributed by atoms with Gasteiger partial charge in [0.15, 0.2) is 0 Å². The van der Waals surface area contributed by atoms with Crippen LogP contribution in [0.25, 0.3) is 0 Å². The highest BCUT2D eigenvalue weighted by molar-refractivity contribution is 5.85. The van der Waals surface area contributed by atoms with Gasteiger partial charge in [0.2, 0.25) is 11.8 Å². The number of carbonyl (C=O) groups is 2. The second-order valence-electron chi connectivity index (χ2n) is 6.24. The molecule has 1 aliphatic rings. The first-order valence-corrected chi connectivity index (χ1v) is 8.35. The summed E-state index contributed by atoms with van der Waals surface area (Å²) in [4.78, 5) is 31.9. The molecular weight excluding hydrogens is 320 g/mol. The van der Waals surface area contributed by atoms with Crippen LogP contribution in [-0.2, 0) is 22.6 Å². The molecular formula is C18H22N4O3. The van der Waals surface area contributed by atoms with Gasteiger partial charge in [-0.1, -0.05) is 30.3 Å². The molecule has 0 spiro atoms. The maximum atomic E-state index is 12.5. The van der Waals surface area contributed by atoms with Gasteiger partial charge in [-0.2, -0.15) is 0 Å². The van der Waals surface area contributed by atoms with Crippen molar-refractivity contribution in [3.8, 4) is 0 Å². The zero-order valence-electron chi connectivity index (χ0n) is 14.0. The van der Waals surface area contributed by atoms with Crippen LogP contribution in [0.1, 0.15) is 5.56 Å². The Morgan fingerprint density at radius 2 is 2.04 bits per heavy atom. The summed E-state index contributed by atoms with van der Waals surface area (Å²) in [5, 5.41) is 10.2. The van der Waals surface area contributed by atoms with E-state index < -0.39 is 6.10 Å². The monoisotopic (exact) mass is 342 g/mol. The Kier molecular flexibility index (Phi) is 5.45. The summed E-state index contributed by atoms with van der Waals surface area (Å²) < 4.78 is 1.65. The molecule has 7 nitrogen and oxygen atoms in total. The number of β-amino-alcohol motifs (C(OH)–C–C–N with tert-alkyl or cyclic N) is 1. The predicted octanol–water partition coefficient (Wildman–Crippen LogP) is 0.158. The third-order valence-electron chi connectivity index (χ3n) is 4.28. The summed E-state index contributed by atoms with van der Waals surface area (Å²) in [7, 11) is 0. The molecule has 1 atom stereocenters. The minimum absolute atomic E-state index is 0.000615. The molecule has 1 unspecified atom stereocenters. The summed E-state index contributed by atoms with van der Waals surface area (Å²) >= 11 is 0. The van der Waals surface area contributed by atoms with Crippen molar-refractivity contribution < 1.29 is 14.7 Å². The van der Waals surface area contributed by atoms with E-state index in [1.54, 1.807) is 28.2 Å². The minimum atomic E-state index is -0.742. The fourth-order valence-electron chi connectivity index (χ4n) is 2.95. The van der Waals surface area contributed by atoms with Crippen LogP contribution in [0.2, 0.25) is 0 Å². The van der Waals surface area contributed by atoms with Gasteiger partial charge in [0.1, 0.15) is 6.54 Å². The summed E-state index contributed by atoms with van der Waals surface area (Å²) in [6.07, 6.45) is 4.83. The number of benzene rings is 1. The van der Waals surface area contributed by atoms with E-state index in [-0.39, 0.29) is 38.0 Å². The largest absolute Gasteiger partial charge is 0.389 e. The van der Waals surface area contributed by atoms with E-state index in [1.807, 2.05) is 30.3 Å². The second kappa shape index (κ2) is 7.94. The average molecular weight is 342 g/mol. The van der Waals surface area contributed by atoms with Gasteiger partial charge in [-0.05, 0) is 12.0 Å². The SMILES string of the molecule is O=C1CN(C(=O)Cn2ccnc2)CC(O)CN1CCc1ccccc1. The van der Waals surface area contributed by atoms with Crippen LogP contribution in [0.15, 0.2) is 49.1 Å². The van der Waals surface area contributed by atoms with Crippen molar-refractivity contribution in [1.82, 2.24) is 19.4 Å².